The van der Waals surface area contributed by atoms with Crippen LogP contribution >= 0.6 is 0 Å². The molecule has 1 aromatic rings. The van der Waals surface area contributed by atoms with E-state index in [1.165, 1.54) is 19.2 Å². The Morgan fingerprint density at radius 1 is 1.58 bits per heavy atom. The molecule has 1 atom stereocenters. The minimum absolute atomic E-state index is 0.0126. The van der Waals surface area contributed by atoms with Crippen LogP contribution < -0.4 is 9.64 Å². The van der Waals surface area contributed by atoms with E-state index < -0.39 is 4.92 Å². The standard InChI is InChI=1S/C12H16N2O5/c1-18-11-5-9(4-10(6-11)14(16)17)13-2-3-19-12(7-13)8-15/h4-6,12,15H,2-3,7-8H2,1H3. The second kappa shape index (κ2) is 5.85. The molecule has 1 N–H and O–H groups in total. The van der Waals surface area contributed by atoms with Crippen molar-refractivity contribution in [3.05, 3.63) is 28.3 Å². The number of non-ortho nitro benzene ring substituents is 1. The first-order chi connectivity index (χ1) is 9.13. The quantitative estimate of drug-likeness (QED) is 0.642. The van der Waals surface area contributed by atoms with Crippen LogP contribution in [0.3, 0.4) is 0 Å². The van der Waals surface area contributed by atoms with Gasteiger partial charge in [-0.1, -0.05) is 0 Å². The minimum Gasteiger partial charge on any atom is -0.496 e. The Bertz CT molecular complexity index is 465. The Balaban J connectivity index is 2.27. The third-order valence-electron chi connectivity index (χ3n) is 3.03. The summed E-state index contributed by atoms with van der Waals surface area (Å²) < 4.78 is 10.4. The van der Waals surface area contributed by atoms with Crippen molar-refractivity contribution in [3.8, 4) is 5.75 Å². The zero-order valence-corrected chi connectivity index (χ0v) is 10.6. The van der Waals surface area contributed by atoms with Gasteiger partial charge in [0.15, 0.2) is 0 Å². The average molecular weight is 268 g/mol. The summed E-state index contributed by atoms with van der Waals surface area (Å²) in [7, 11) is 1.47. The second-order valence-electron chi connectivity index (χ2n) is 4.27. The van der Waals surface area contributed by atoms with Gasteiger partial charge in [-0.2, -0.15) is 0 Å². The fraction of sp³-hybridized carbons (Fsp3) is 0.500. The summed E-state index contributed by atoms with van der Waals surface area (Å²) in [5.74, 6) is 0.441. The summed E-state index contributed by atoms with van der Waals surface area (Å²) in [5, 5.41) is 20.0. The number of benzene rings is 1. The number of nitrogens with zero attached hydrogens (tertiary/aromatic N) is 2. The van der Waals surface area contributed by atoms with Gasteiger partial charge in [-0.05, 0) is 0 Å². The van der Waals surface area contributed by atoms with Crippen molar-refractivity contribution in [1.82, 2.24) is 0 Å². The van der Waals surface area contributed by atoms with Crippen LogP contribution in [0.15, 0.2) is 18.2 Å². The molecule has 7 nitrogen and oxygen atoms in total. The van der Waals surface area contributed by atoms with Crippen LogP contribution in [0.25, 0.3) is 0 Å². The van der Waals surface area contributed by atoms with Crippen molar-refractivity contribution in [2.75, 3.05) is 38.3 Å². The number of hydrogen-bond acceptors (Lipinski definition) is 6. The lowest BCUT2D eigenvalue weighted by atomic mass is 10.2. The number of hydrogen-bond donors (Lipinski definition) is 1. The third-order valence-corrected chi connectivity index (χ3v) is 3.03. The molecule has 2 rings (SSSR count). The van der Waals surface area contributed by atoms with E-state index in [1.807, 2.05) is 4.90 Å². The van der Waals surface area contributed by atoms with E-state index in [0.717, 1.165) is 0 Å². The molecule has 0 bridgehead atoms. The molecule has 1 aromatic carbocycles. The van der Waals surface area contributed by atoms with Crippen molar-refractivity contribution in [2.24, 2.45) is 0 Å². The Hall–Kier alpha value is -1.86. The number of aliphatic hydroxyl groups is 1. The second-order valence-corrected chi connectivity index (χ2v) is 4.27. The van der Waals surface area contributed by atoms with E-state index in [4.69, 9.17) is 14.6 Å². The molecule has 1 heterocycles. The van der Waals surface area contributed by atoms with Crippen LogP contribution in [0.1, 0.15) is 0 Å². The number of nitro benzene ring substituents is 1. The summed E-state index contributed by atoms with van der Waals surface area (Å²) in [6.07, 6.45) is -0.265. The molecule has 19 heavy (non-hydrogen) atoms. The molecule has 1 aliphatic rings. The third kappa shape index (κ3) is 3.12. The van der Waals surface area contributed by atoms with E-state index in [2.05, 4.69) is 0 Å². The number of morpholine rings is 1. The smallest absolute Gasteiger partial charge is 0.275 e. The molecule has 0 radical (unpaired) electrons. The molecule has 0 saturated carbocycles. The molecular formula is C12H16N2O5. The van der Waals surface area contributed by atoms with Crippen LogP contribution in [0.4, 0.5) is 11.4 Å². The lowest BCUT2D eigenvalue weighted by Crippen LogP contribution is -2.44. The molecule has 0 amide bonds. The number of anilines is 1. The maximum Gasteiger partial charge on any atom is 0.275 e. The van der Waals surface area contributed by atoms with Crippen molar-refractivity contribution in [1.29, 1.82) is 0 Å². The van der Waals surface area contributed by atoms with Gasteiger partial charge >= 0.3 is 0 Å². The maximum absolute atomic E-state index is 10.9. The van der Waals surface area contributed by atoms with Gasteiger partial charge in [0.1, 0.15) is 5.75 Å². The van der Waals surface area contributed by atoms with Gasteiger partial charge in [0.05, 0.1) is 37.4 Å². The van der Waals surface area contributed by atoms with Crippen molar-refractivity contribution >= 4 is 11.4 Å². The van der Waals surface area contributed by atoms with Crippen molar-refractivity contribution in [2.45, 2.75) is 6.10 Å². The monoisotopic (exact) mass is 268 g/mol. The first-order valence-corrected chi connectivity index (χ1v) is 5.95. The maximum atomic E-state index is 10.9. The molecule has 0 spiro atoms. The summed E-state index contributed by atoms with van der Waals surface area (Å²) in [5.41, 5.74) is 0.689. The number of ether oxygens (including phenoxy) is 2. The highest BCUT2D eigenvalue weighted by Gasteiger charge is 2.22. The molecule has 1 saturated heterocycles. The predicted octanol–water partition coefficient (Wildman–Crippen LogP) is 0.801. The van der Waals surface area contributed by atoms with Crippen LogP contribution in [-0.4, -0.2) is 49.5 Å². The molecule has 104 valence electrons. The van der Waals surface area contributed by atoms with E-state index in [-0.39, 0.29) is 18.4 Å². The molecule has 1 aliphatic heterocycles. The van der Waals surface area contributed by atoms with Crippen LogP contribution in [-0.2, 0) is 4.74 Å². The first kappa shape index (κ1) is 13.6. The van der Waals surface area contributed by atoms with Crippen molar-refractivity contribution < 1.29 is 19.5 Å². The minimum atomic E-state index is -0.448. The highest BCUT2D eigenvalue weighted by atomic mass is 16.6. The first-order valence-electron chi connectivity index (χ1n) is 5.95. The Labute approximate surface area is 110 Å². The summed E-state index contributed by atoms with van der Waals surface area (Å²) in [4.78, 5) is 12.4. The average Bonchev–Trinajstić information content (AvgIpc) is 2.46. The van der Waals surface area contributed by atoms with E-state index in [9.17, 15) is 10.1 Å². The lowest BCUT2D eigenvalue weighted by molar-refractivity contribution is -0.384. The van der Waals surface area contributed by atoms with Gasteiger partial charge in [-0.3, -0.25) is 10.1 Å². The van der Waals surface area contributed by atoms with Gasteiger partial charge < -0.3 is 19.5 Å². The zero-order valence-electron chi connectivity index (χ0n) is 10.6. The summed E-state index contributed by atoms with van der Waals surface area (Å²) in [6, 6.07) is 4.63. The summed E-state index contributed by atoms with van der Waals surface area (Å²) >= 11 is 0. The van der Waals surface area contributed by atoms with Crippen LogP contribution in [0.5, 0.6) is 5.75 Å². The fourth-order valence-electron chi connectivity index (χ4n) is 2.04. The number of nitro groups is 1. The van der Waals surface area contributed by atoms with Crippen molar-refractivity contribution in [3.63, 3.8) is 0 Å². The van der Waals surface area contributed by atoms with E-state index in [1.54, 1.807) is 6.07 Å². The van der Waals surface area contributed by atoms with Gasteiger partial charge in [0.2, 0.25) is 0 Å². The van der Waals surface area contributed by atoms with Crippen LogP contribution in [0, 0.1) is 10.1 Å². The largest absolute Gasteiger partial charge is 0.496 e. The van der Waals surface area contributed by atoms with E-state index >= 15 is 0 Å². The number of aliphatic hydroxyl groups excluding tert-OH is 1. The van der Waals surface area contributed by atoms with E-state index in [0.29, 0.717) is 31.1 Å². The van der Waals surface area contributed by atoms with Gasteiger partial charge in [0.25, 0.3) is 5.69 Å². The van der Waals surface area contributed by atoms with Gasteiger partial charge in [-0.25, -0.2) is 0 Å². The fourth-order valence-corrected chi connectivity index (χ4v) is 2.04. The predicted molar refractivity (Wildman–Crippen MR) is 68.7 cm³/mol. The Morgan fingerprint density at radius 3 is 3.00 bits per heavy atom. The molecule has 7 heteroatoms. The van der Waals surface area contributed by atoms with Gasteiger partial charge in [-0.15, -0.1) is 0 Å². The SMILES string of the molecule is COc1cc(N2CCOC(CO)C2)cc([N+](=O)[O-])c1. The summed E-state index contributed by atoms with van der Waals surface area (Å²) in [6.45, 7) is 1.54. The van der Waals surface area contributed by atoms with Crippen LogP contribution in [0.2, 0.25) is 0 Å². The highest BCUT2D eigenvalue weighted by molar-refractivity contribution is 5.58. The van der Waals surface area contributed by atoms with Gasteiger partial charge in [0, 0.05) is 30.9 Å². The number of rotatable bonds is 4. The Kier molecular flexibility index (Phi) is 4.18. The topological polar surface area (TPSA) is 85.1 Å². The molecule has 0 aliphatic carbocycles. The highest BCUT2D eigenvalue weighted by Crippen LogP contribution is 2.29. The normalized spacial score (nSPS) is 19.3. The molecule has 1 unspecified atom stereocenters. The zero-order chi connectivity index (χ0) is 13.8. The lowest BCUT2D eigenvalue weighted by Gasteiger charge is -2.33. The number of methoxy groups -OCH3 is 1. The Morgan fingerprint density at radius 2 is 2.37 bits per heavy atom. The molecular weight excluding hydrogens is 252 g/mol. The molecule has 1 fully saturated rings. The molecule has 0 aromatic heterocycles.